The maximum atomic E-state index is 12.9. The van der Waals surface area contributed by atoms with Crippen LogP contribution in [0.3, 0.4) is 0 Å². The zero-order valence-electron chi connectivity index (χ0n) is 14.6. The number of nitrogens with two attached hydrogens (primary N) is 1. The Morgan fingerprint density at radius 1 is 1.27 bits per heavy atom. The van der Waals surface area contributed by atoms with Gasteiger partial charge in [-0.15, -0.1) is 0 Å². The number of carbonyl (C=O) groups excluding carboxylic acids is 4. The highest BCUT2D eigenvalue weighted by Gasteiger charge is 2.45. The molecule has 0 aromatic heterocycles. The Balaban J connectivity index is 1.82. The fourth-order valence-corrected chi connectivity index (χ4v) is 3.27. The van der Waals surface area contributed by atoms with Crippen LogP contribution in [0.15, 0.2) is 18.2 Å². The molecule has 2 atom stereocenters. The predicted molar refractivity (Wildman–Crippen MR) is 93.0 cm³/mol. The van der Waals surface area contributed by atoms with Gasteiger partial charge in [0.15, 0.2) is 0 Å². The summed E-state index contributed by atoms with van der Waals surface area (Å²) in [5.41, 5.74) is 6.93. The third kappa shape index (κ3) is 3.25. The third-order valence-corrected chi connectivity index (χ3v) is 4.77. The quantitative estimate of drug-likeness (QED) is 0.604. The summed E-state index contributed by atoms with van der Waals surface area (Å²) in [5.74, 6) is -1.67. The average molecular weight is 358 g/mol. The average Bonchev–Trinajstić information content (AvgIpc) is 2.87. The van der Waals surface area contributed by atoms with Gasteiger partial charge in [-0.3, -0.25) is 29.4 Å². The van der Waals surface area contributed by atoms with Crippen molar-refractivity contribution in [1.29, 1.82) is 0 Å². The molecule has 26 heavy (non-hydrogen) atoms. The number of carbonyl (C=O) groups is 4. The molecular formula is C18H22N4O4. The van der Waals surface area contributed by atoms with Crippen LogP contribution in [0.25, 0.3) is 0 Å². The summed E-state index contributed by atoms with van der Waals surface area (Å²) < 4.78 is 0. The van der Waals surface area contributed by atoms with Crippen LogP contribution >= 0.6 is 0 Å². The highest BCUT2D eigenvalue weighted by Crippen LogP contribution is 2.29. The van der Waals surface area contributed by atoms with Crippen LogP contribution in [0, 0.1) is 5.92 Å². The van der Waals surface area contributed by atoms with Crippen LogP contribution in [0.4, 0.5) is 0 Å². The Hall–Kier alpha value is -2.58. The Bertz CT molecular complexity index is 776. The number of piperidine rings is 1. The topological polar surface area (TPSA) is 122 Å². The van der Waals surface area contributed by atoms with E-state index in [-0.39, 0.29) is 18.7 Å². The van der Waals surface area contributed by atoms with Gasteiger partial charge in [-0.25, -0.2) is 0 Å². The zero-order chi connectivity index (χ0) is 18.8. The normalized spacial score (nSPS) is 21.0. The molecular weight excluding hydrogens is 336 g/mol. The van der Waals surface area contributed by atoms with Crippen molar-refractivity contribution in [3.63, 3.8) is 0 Å². The number of fused-ring (bicyclic) bond motifs is 1. The fraction of sp³-hybridized carbons (Fsp3) is 0.444. The molecule has 3 rings (SSSR count). The van der Waals surface area contributed by atoms with E-state index in [2.05, 4.69) is 10.6 Å². The lowest BCUT2D eigenvalue weighted by Crippen LogP contribution is -2.54. The van der Waals surface area contributed by atoms with Crippen molar-refractivity contribution in [2.75, 3.05) is 13.1 Å². The molecule has 0 saturated carbocycles. The molecule has 0 spiro atoms. The van der Waals surface area contributed by atoms with Crippen LogP contribution in [-0.4, -0.2) is 47.7 Å². The summed E-state index contributed by atoms with van der Waals surface area (Å²) in [5, 5.41) is 5.43. The van der Waals surface area contributed by atoms with Gasteiger partial charge in [0.2, 0.25) is 11.8 Å². The van der Waals surface area contributed by atoms with Crippen molar-refractivity contribution < 1.29 is 19.2 Å². The molecule has 1 unspecified atom stereocenters. The number of amides is 4. The molecule has 0 radical (unpaired) electrons. The Morgan fingerprint density at radius 3 is 2.73 bits per heavy atom. The van der Waals surface area contributed by atoms with Crippen LogP contribution in [0.2, 0.25) is 0 Å². The number of nitrogens with one attached hydrogen (secondary N) is 2. The lowest BCUT2D eigenvalue weighted by molar-refractivity contribution is -0.136. The predicted octanol–water partition coefficient (Wildman–Crippen LogP) is -0.228. The molecule has 1 aromatic rings. The second-order valence-electron chi connectivity index (χ2n) is 6.76. The Labute approximate surface area is 151 Å². The second-order valence-corrected chi connectivity index (χ2v) is 6.76. The van der Waals surface area contributed by atoms with Crippen LogP contribution < -0.4 is 16.4 Å². The highest BCUT2D eigenvalue weighted by molar-refractivity contribution is 6.24. The van der Waals surface area contributed by atoms with Crippen LogP contribution in [0.1, 0.15) is 46.0 Å². The van der Waals surface area contributed by atoms with E-state index in [9.17, 15) is 19.2 Å². The van der Waals surface area contributed by atoms with E-state index < -0.39 is 23.8 Å². The number of rotatable bonds is 6. The summed E-state index contributed by atoms with van der Waals surface area (Å²) in [6, 6.07) is 4.16. The highest BCUT2D eigenvalue weighted by atomic mass is 16.2. The molecule has 8 heteroatoms. The summed E-state index contributed by atoms with van der Waals surface area (Å²) in [7, 11) is 0. The van der Waals surface area contributed by atoms with Crippen molar-refractivity contribution in [3.8, 4) is 0 Å². The molecule has 0 aliphatic carbocycles. The van der Waals surface area contributed by atoms with E-state index in [1.165, 1.54) is 0 Å². The standard InChI is InChI=1S/C18H22N4O4/c1-10(7-19)8-20-9-11-3-2-4-12-15(11)18(26)22(17(12)25)13-5-6-14(23)21-16(13)24/h2-4,10,13,20H,5-9,19H2,1H3,(H,21,23,24)/t10-,13?/m1/s1. The minimum Gasteiger partial charge on any atom is -0.330 e. The largest absolute Gasteiger partial charge is 0.330 e. The fourth-order valence-electron chi connectivity index (χ4n) is 3.27. The molecule has 2 heterocycles. The van der Waals surface area contributed by atoms with E-state index in [4.69, 9.17) is 5.73 Å². The minimum atomic E-state index is -0.946. The first-order valence-corrected chi connectivity index (χ1v) is 8.68. The number of hydrogen-bond acceptors (Lipinski definition) is 6. The van der Waals surface area contributed by atoms with Gasteiger partial charge in [0.25, 0.3) is 11.8 Å². The van der Waals surface area contributed by atoms with Crippen molar-refractivity contribution in [2.45, 2.75) is 32.4 Å². The third-order valence-electron chi connectivity index (χ3n) is 4.77. The number of nitrogens with zero attached hydrogens (tertiary/aromatic N) is 1. The van der Waals surface area contributed by atoms with Crippen LogP contribution in [0.5, 0.6) is 0 Å². The van der Waals surface area contributed by atoms with Gasteiger partial charge in [0.05, 0.1) is 11.1 Å². The van der Waals surface area contributed by atoms with Gasteiger partial charge < -0.3 is 11.1 Å². The van der Waals surface area contributed by atoms with E-state index in [1.807, 2.05) is 6.92 Å². The molecule has 1 fully saturated rings. The van der Waals surface area contributed by atoms with Crippen LogP contribution in [-0.2, 0) is 16.1 Å². The van der Waals surface area contributed by atoms with Gasteiger partial charge in [-0.05, 0) is 37.1 Å². The summed E-state index contributed by atoms with van der Waals surface area (Å²) in [6.07, 6.45) is 0.257. The number of benzene rings is 1. The molecule has 1 aromatic carbocycles. The lowest BCUT2D eigenvalue weighted by atomic mass is 10.0. The molecule has 0 bridgehead atoms. The van der Waals surface area contributed by atoms with Crippen molar-refractivity contribution in [3.05, 3.63) is 34.9 Å². The van der Waals surface area contributed by atoms with Crippen molar-refractivity contribution in [1.82, 2.24) is 15.5 Å². The minimum absolute atomic E-state index is 0.106. The van der Waals surface area contributed by atoms with E-state index in [0.717, 1.165) is 4.90 Å². The maximum Gasteiger partial charge on any atom is 0.262 e. The van der Waals surface area contributed by atoms with Gasteiger partial charge >= 0.3 is 0 Å². The van der Waals surface area contributed by atoms with E-state index in [0.29, 0.717) is 42.2 Å². The van der Waals surface area contributed by atoms with Crippen molar-refractivity contribution >= 4 is 23.6 Å². The van der Waals surface area contributed by atoms with Gasteiger partial charge in [0, 0.05) is 13.0 Å². The maximum absolute atomic E-state index is 12.9. The molecule has 4 N–H and O–H groups in total. The molecule has 8 nitrogen and oxygen atoms in total. The smallest absolute Gasteiger partial charge is 0.262 e. The molecule has 138 valence electrons. The van der Waals surface area contributed by atoms with Gasteiger partial charge in [-0.2, -0.15) is 0 Å². The van der Waals surface area contributed by atoms with Gasteiger partial charge in [-0.1, -0.05) is 19.1 Å². The SMILES string of the molecule is C[C@H](CN)CNCc1cccc2c1C(=O)N(C1CCC(=O)NC1=O)C2=O. The van der Waals surface area contributed by atoms with Gasteiger partial charge in [0.1, 0.15) is 6.04 Å². The first-order valence-electron chi connectivity index (χ1n) is 8.68. The first-order chi connectivity index (χ1) is 12.4. The van der Waals surface area contributed by atoms with E-state index in [1.54, 1.807) is 18.2 Å². The monoisotopic (exact) mass is 358 g/mol. The second kappa shape index (κ2) is 7.35. The molecule has 4 amide bonds. The summed E-state index contributed by atoms with van der Waals surface area (Å²) >= 11 is 0. The molecule has 2 aliphatic heterocycles. The van der Waals surface area contributed by atoms with E-state index >= 15 is 0 Å². The number of imide groups is 2. The summed E-state index contributed by atoms with van der Waals surface area (Å²) in [6.45, 7) is 3.69. The summed E-state index contributed by atoms with van der Waals surface area (Å²) in [4.78, 5) is 50.0. The molecule has 2 aliphatic rings. The number of hydrogen-bond donors (Lipinski definition) is 3. The Morgan fingerprint density at radius 2 is 2.04 bits per heavy atom. The first kappa shape index (κ1) is 18.2. The molecule has 1 saturated heterocycles. The van der Waals surface area contributed by atoms with Crippen molar-refractivity contribution in [2.24, 2.45) is 11.7 Å². The lowest BCUT2D eigenvalue weighted by Gasteiger charge is -2.27. The Kier molecular flexibility index (Phi) is 5.15. The zero-order valence-corrected chi connectivity index (χ0v) is 14.6.